The number of pyridine rings is 1. The topological polar surface area (TPSA) is 48.1 Å². The van der Waals surface area contributed by atoms with Crippen LogP contribution in [0.1, 0.15) is 26.3 Å². The van der Waals surface area contributed by atoms with Gasteiger partial charge in [-0.15, -0.1) is 0 Å². The summed E-state index contributed by atoms with van der Waals surface area (Å²) in [5, 5.41) is 0. The fourth-order valence-electron chi connectivity index (χ4n) is 1.81. The van der Waals surface area contributed by atoms with Crippen LogP contribution in [0.15, 0.2) is 30.3 Å². The Bertz CT molecular complexity index is 636. The van der Waals surface area contributed by atoms with Crippen LogP contribution in [0.5, 0.6) is 11.6 Å². The minimum atomic E-state index is -0.904. The Balaban J connectivity index is 2.43. The highest BCUT2D eigenvalue weighted by molar-refractivity contribution is 5.42. The normalized spacial score (nSPS) is 11.4. The molecule has 1 aromatic carbocycles. The zero-order valence-electron chi connectivity index (χ0n) is 11.6. The number of nitrogen functional groups attached to an aromatic ring is 1. The highest BCUT2D eigenvalue weighted by Gasteiger charge is 2.20. The first kappa shape index (κ1) is 14.2. The zero-order chi connectivity index (χ0) is 14.9. The van der Waals surface area contributed by atoms with Crippen molar-refractivity contribution in [3.63, 3.8) is 0 Å². The maximum atomic E-state index is 13.7. The molecule has 3 nitrogen and oxygen atoms in total. The molecule has 0 saturated heterocycles. The number of ether oxygens (including phenoxy) is 1. The Morgan fingerprint density at radius 3 is 2.40 bits per heavy atom. The summed E-state index contributed by atoms with van der Waals surface area (Å²) in [6, 6.07) is 7.91. The van der Waals surface area contributed by atoms with E-state index in [9.17, 15) is 8.78 Å². The van der Waals surface area contributed by atoms with E-state index in [0.29, 0.717) is 11.8 Å². The third-order valence-corrected chi connectivity index (χ3v) is 2.83. The lowest BCUT2D eigenvalue weighted by Crippen LogP contribution is -2.12. The summed E-state index contributed by atoms with van der Waals surface area (Å²) in [5.74, 6) is -2.05. The standard InChI is InChI=1S/C15H16F2N2O/c1-15(2,3)9-6-4-5-7-12(9)20-14-11(17)8-10(16)13(18)19-14/h4-8H,1-3H3,(H2,18,19). The highest BCUT2D eigenvalue weighted by atomic mass is 19.1. The predicted octanol–water partition coefficient (Wildman–Crippen LogP) is 4.03. The van der Waals surface area contributed by atoms with Crippen LogP contribution in [-0.4, -0.2) is 4.98 Å². The second kappa shape index (κ2) is 5.07. The number of anilines is 1. The number of hydrogen-bond donors (Lipinski definition) is 1. The molecule has 2 aromatic rings. The smallest absolute Gasteiger partial charge is 0.258 e. The molecule has 0 aliphatic carbocycles. The molecule has 0 aliphatic heterocycles. The minimum Gasteiger partial charge on any atom is -0.436 e. The summed E-state index contributed by atoms with van der Waals surface area (Å²) in [4.78, 5) is 3.60. The number of rotatable bonds is 2. The number of hydrogen-bond acceptors (Lipinski definition) is 3. The molecule has 20 heavy (non-hydrogen) atoms. The van der Waals surface area contributed by atoms with E-state index in [1.807, 2.05) is 32.9 Å². The van der Waals surface area contributed by atoms with Gasteiger partial charge in [-0.3, -0.25) is 0 Å². The fraction of sp³-hybridized carbons (Fsp3) is 0.267. The lowest BCUT2D eigenvalue weighted by atomic mass is 9.86. The third-order valence-electron chi connectivity index (χ3n) is 2.83. The Morgan fingerprint density at radius 1 is 1.10 bits per heavy atom. The van der Waals surface area contributed by atoms with Gasteiger partial charge in [-0.2, -0.15) is 4.98 Å². The van der Waals surface area contributed by atoms with Crippen molar-refractivity contribution in [2.75, 3.05) is 5.73 Å². The molecule has 0 radical (unpaired) electrons. The van der Waals surface area contributed by atoms with E-state index in [1.54, 1.807) is 12.1 Å². The first-order valence-corrected chi connectivity index (χ1v) is 6.18. The summed E-state index contributed by atoms with van der Waals surface area (Å²) in [7, 11) is 0. The van der Waals surface area contributed by atoms with Crippen LogP contribution >= 0.6 is 0 Å². The monoisotopic (exact) mass is 278 g/mol. The number of nitrogens with two attached hydrogens (primary N) is 1. The molecule has 1 heterocycles. The number of benzene rings is 1. The van der Waals surface area contributed by atoms with Gasteiger partial charge in [0.15, 0.2) is 17.5 Å². The molecule has 0 fully saturated rings. The largest absolute Gasteiger partial charge is 0.436 e. The Morgan fingerprint density at radius 2 is 1.75 bits per heavy atom. The van der Waals surface area contributed by atoms with Gasteiger partial charge in [0.1, 0.15) is 5.75 Å². The van der Waals surface area contributed by atoms with Crippen LogP contribution in [0, 0.1) is 11.6 Å². The summed E-state index contributed by atoms with van der Waals surface area (Å²) >= 11 is 0. The molecule has 2 rings (SSSR count). The van der Waals surface area contributed by atoms with Gasteiger partial charge in [-0.05, 0) is 11.5 Å². The molecule has 0 bridgehead atoms. The molecule has 0 saturated carbocycles. The predicted molar refractivity (Wildman–Crippen MR) is 73.8 cm³/mol. The van der Waals surface area contributed by atoms with E-state index in [0.717, 1.165) is 5.56 Å². The highest BCUT2D eigenvalue weighted by Crippen LogP contribution is 2.34. The van der Waals surface area contributed by atoms with Gasteiger partial charge in [0, 0.05) is 11.6 Å². The van der Waals surface area contributed by atoms with Gasteiger partial charge in [0.05, 0.1) is 0 Å². The number of nitrogens with zero attached hydrogens (tertiary/aromatic N) is 1. The van der Waals surface area contributed by atoms with Crippen LogP contribution in [0.25, 0.3) is 0 Å². The van der Waals surface area contributed by atoms with Crippen molar-refractivity contribution in [2.45, 2.75) is 26.2 Å². The molecule has 0 amide bonds. The molecular formula is C15H16F2N2O. The van der Waals surface area contributed by atoms with Gasteiger partial charge in [-0.25, -0.2) is 8.78 Å². The van der Waals surface area contributed by atoms with E-state index < -0.39 is 17.5 Å². The summed E-state index contributed by atoms with van der Waals surface area (Å²) in [6.07, 6.45) is 0. The van der Waals surface area contributed by atoms with Gasteiger partial charge in [0.2, 0.25) is 0 Å². The molecule has 0 spiro atoms. The second-order valence-electron chi connectivity index (χ2n) is 5.49. The molecule has 106 valence electrons. The Hall–Kier alpha value is -2.17. The summed E-state index contributed by atoms with van der Waals surface area (Å²) in [5.41, 5.74) is 6.05. The van der Waals surface area contributed by atoms with Crippen molar-refractivity contribution in [1.29, 1.82) is 0 Å². The molecular weight excluding hydrogens is 262 g/mol. The number of aromatic nitrogens is 1. The van der Waals surface area contributed by atoms with Gasteiger partial charge < -0.3 is 10.5 Å². The molecule has 0 unspecified atom stereocenters. The minimum absolute atomic E-state index is 0.182. The van der Waals surface area contributed by atoms with E-state index in [-0.39, 0.29) is 11.3 Å². The van der Waals surface area contributed by atoms with Crippen molar-refractivity contribution < 1.29 is 13.5 Å². The molecule has 0 aliphatic rings. The first-order chi connectivity index (χ1) is 9.29. The van der Waals surface area contributed by atoms with Crippen LogP contribution < -0.4 is 10.5 Å². The lowest BCUT2D eigenvalue weighted by molar-refractivity contribution is 0.404. The first-order valence-electron chi connectivity index (χ1n) is 6.18. The maximum absolute atomic E-state index is 13.7. The van der Waals surface area contributed by atoms with Crippen LogP contribution in [0.3, 0.4) is 0 Å². The quantitative estimate of drug-likeness (QED) is 0.902. The van der Waals surface area contributed by atoms with Crippen molar-refractivity contribution in [3.8, 4) is 11.6 Å². The van der Waals surface area contributed by atoms with Gasteiger partial charge >= 0.3 is 0 Å². The molecule has 5 heteroatoms. The second-order valence-corrected chi connectivity index (χ2v) is 5.49. The van der Waals surface area contributed by atoms with Gasteiger partial charge in [0.25, 0.3) is 5.88 Å². The molecule has 0 atom stereocenters. The van der Waals surface area contributed by atoms with Crippen molar-refractivity contribution in [3.05, 3.63) is 47.5 Å². The zero-order valence-corrected chi connectivity index (χ0v) is 11.6. The molecule has 2 N–H and O–H groups in total. The fourth-order valence-corrected chi connectivity index (χ4v) is 1.81. The van der Waals surface area contributed by atoms with Crippen LogP contribution in [0.2, 0.25) is 0 Å². The van der Waals surface area contributed by atoms with E-state index in [4.69, 9.17) is 10.5 Å². The lowest BCUT2D eigenvalue weighted by Gasteiger charge is -2.22. The molecule has 1 aromatic heterocycles. The average Bonchev–Trinajstić information content (AvgIpc) is 2.35. The van der Waals surface area contributed by atoms with Crippen molar-refractivity contribution in [2.24, 2.45) is 0 Å². The third kappa shape index (κ3) is 2.87. The van der Waals surface area contributed by atoms with Crippen LogP contribution in [0.4, 0.5) is 14.6 Å². The SMILES string of the molecule is CC(C)(C)c1ccccc1Oc1nc(N)c(F)cc1F. The van der Waals surface area contributed by atoms with E-state index in [1.165, 1.54) is 0 Å². The Labute approximate surface area is 116 Å². The van der Waals surface area contributed by atoms with E-state index >= 15 is 0 Å². The Kier molecular flexibility index (Phi) is 3.61. The van der Waals surface area contributed by atoms with Crippen molar-refractivity contribution >= 4 is 5.82 Å². The van der Waals surface area contributed by atoms with Crippen LogP contribution in [-0.2, 0) is 5.41 Å². The van der Waals surface area contributed by atoms with Crippen molar-refractivity contribution in [1.82, 2.24) is 4.98 Å². The summed E-state index contributed by atoms with van der Waals surface area (Å²) in [6.45, 7) is 6.04. The van der Waals surface area contributed by atoms with E-state index in [2.05, 4.69) is 4.98 Å². The number of halogens is 2. The maximum Gasteiger partial charge on any atom is 0.258 e. The number of para-hydroxylation sites is 1. The average molecular weight is 278 g/mol. The van der Waals surface area contributed by atoms with Gasteiger partial charge in [-0.1, -0.05) is 39.0 Å². The summed E-state index contributed by atoms with van der Waals surface area (Å²) < 4.78 is 32.2.